The molecule has 0 aliphatic carbocycles. The number of ketones is 1. The molecule has 1 aromatic carbocycles. The van der Waals surface area contributed by atoms with E-state index in [9.17, 15) is 4.79 Å². The Morgan fingerprint density at radius 2 is 2.07 bits per heavy atom. The summed E-state index contributed by atoms with van der Waals surface area (Å²) >= 11 is 5.73. The molecule has 0 aliphatic heterocycles. The van der Waals surface area contributed by atoms with Gasteiger partial charge in [0.2, 0.25) is 12.1 Å². The van der Waals surface area contributed by atoms with Gasteiger partial charge in [0, 0.05) is 10.6 Å². The van der Waals surface area contributed by atoms with Gasteiger partial charge < -0.3 is 11.6 Å². The van der Waals surface area contributed by atoms with Crippen molar-refractivity contribution in [3.05, 3.63) is 34.3 Å². The first-order valence-electron chi connectivity index (χ1n) is 3.69. The fourth-order valence-corrected chi connectivity index (χ4v) is 1.06. The Morgan fingerprint density at radius 1 is 1.50 bits per heavy atom. The molecule has 0 aromatic heterocycles. The molecular formula is C9H10ClNaO3. The van der Waals surface area contributed by atoms with Crippen LogP contribution in [0.5, 0.6) is 0 Å². The van der Waals surface area contributed by atoms with Gasteiger partial charge in [-0.1, -0.05) is 11.6 Å². The summed E-state index contributed by atoms with van der Waals surface area (Å²) in [5, 5.41) is 17.8. The minimum atomic E-state index is -1.96. The van der Waals surface area contributed by atoms with Crippen LogP contribution in [0.25, 0.3) is 0 Å². The molecule has 5 heteroatoms. The number of benzene rings is 1. The van der Waals surface area contributed by atoms with Gasteiger partial charge in [-0.3, -0.25) is 4.79 Å². The molecule has 0 heterocycles. The summed E-state index contributed by atoms with van der Waals surface area (Å²) in [6.07, 6.45) is -1.96. The largest absolute Gasteiger partial charge is 1.00 e. The van der Waals surface area contributed by atoms with E-state index >= 15 is 0 Å². The third kappa shape index (κ3) is 3.35. The van der Waals surface area contributed by atoms with Crippen LogP contribution in [0.15, 0.2) is 18.2 Å². The Labute approximate surface area is 110 Å². The number of rotatable bonds is 2. The van der Waals surface area contributed by atoms with E-state index in [0.29, 0.717) is 5.02 Å². The second-order valence-electron chi connectivity index (χ2n) is 2.70. The van der Waals surface area contributed by atoms with Gasteiger partial charge >= 0.3 is 29.6 Å². The summed E-state index contributed by atoms with van der Waals surface area (Å²) in [5.74, 6) is -0.722. The first-order valence-corrected chi connectivity index (χ1v) is 4.06. The van der Waals surface area contributed by atoms with Crippen molar-refractivity contribution in [3.63, 3.8) is 0 Å². The maximum Gasteiger partial charge on any atom is 1.00 e. The number of hydrogen-bond donors (Lipinski definition) is 2. The van der Waals surface area contributed by atoms with Crippen molar-refractivity contribution in [1.29, 1.82) is 0 Å². The van der Waals surface area contributed by atoms with Gasteiger partial charge in [0.25, 0.3) is 0 Å². The van der Waals surface area contributed by atoms with Crippen LogP contribution in [-0.4, -0.2) is 22.3 Å². The van der Waals surface area contributed by atoms with Gasteiger partial charge in [-0.05, 0) is 30.7 Å². The molecule has 0 atom stereocenters. The SMILES string of the molecule is Cc1cc(C(=O)C(O)O)ccc1Cl.[H-].[Na+]. The van der Waals surface area contributed by atoms with E-state index in [4.69, 9.17) is 21.8 Å². The average molecular weight is 225 g/mol. The van der Waals surface area contributed by atoms with Crippen LogP contribution >= 0.6 is 11.6 Å². The Bertz CT molecular complexity index is 344. The molecule has 1 rings (SSSR count). The predicted molar refractivity (Wildman–Crippen MR) is 49.9 cm³/mol. The molecule has 1 aromatic rings. The van der Waals surface area contributed by atoms with E-state index in [1.54, 1.807) is 13.0 Å². The van der Waals surface area contributed by atoms with Crippen LogP contribution in [0.4, 0.5) is 0 Å². The molecule has 0 saturated heterocycles. The number of carbonyl (C=O) groups is 1. The van der Waals surface area contributed by atoms with Crippen LogP contribution in [0.3, 0.4) is 0 Å². The van der Waals surface area contributed by atoms with Crippen molar-refractivity contribution in [1.82, 2.24) is 0 Å². The van der Waals surface area contributed by atoms with Crippen molar-refractivity contribution < 1.29 is 46.0 Å². The molecule has 0 aliphatic rings. The Kier molecular flexibility index (Phi) is 5.90. The minimum Gasteiger partial charge on any atom is -1.00 e. The molecule has 0 amide bonds. The fraction of sp³-hybridized carbons (Fsp3) is 0.222. The van der Waals surface area contributed by atoms with Gasteiger partial charge in [-0.15, -0.1) is 0 Å². The first-order chi connectivity index (χ1) is 6.02. The third-order valence-electron chi connectivity index (χ3n) is 1.68. The summed E-state index contributed by atoms with van der Waals surface area (Å²) < 4.78 is 0. The third-order valence-corrected chi connectivity index (χ3v) is 2.10. The van der Waals surface area contributed by atoms with Gasteiger partial charge in [0.05, 0.1) is 0 Å². The molecule has 2 N–H and O–H groups in total. The topological polar surface area (TPSA) is 57.5 Å². The maximum atomic E-state index is 11.1. The quantitative estimate of drug-likeness (QED) is 0.356. The molecule has 0 bridgehead atoms. The van der Waals surface area contributed by atoms with Gasteiger partial charge in [-0.2, -0.15) is 0 Å². The Balaban J connectivity index is 0. The number of halogens is 1. The molecule has 3 nitrogen and oxygen atoms in total. The second kappa shape index (κ2) is 5.85. The molecule has 0 unspecified atom stereocenters. The second-order valence-corrected chi connectivity index (χ2v) is 3.11. The smallest absolute Gasteiger partial charge is 1.00 e. The number of aliphatic hydroxyl groups excluding tert-OH is 1. The number of aryl methyl sites for hydroxylation is 1. The fourth-order valence-electron chi connectivity index (χ4n) is 0.947. The summed E-state index contributed by atoms with van der Waals surface area (Å²) in [7, 11) is 0. The zero-order chi connectivity index (χ0) is 10.0. The van der Waals surface area contributed by atoms with E-state index < -0.39 is 12.1 Å². The Hall–Kier alpha value is 0.100. The number of Topliss-reactive ketones (excluding diaryl/α,β-unsaturated/α-hetero) is 1. The van der Waals surface area contributed by atoms with E-state index in [1.807, 2.05) is 0 Å². The Morgan fingerprint density at radius 3 is 2.50 bits per heavy atom. The maximum absolute atomic E-state index is 11.1. The average Bonchev–Trinajstić information content (AvgIpc) is 2.08. The molecule has 0 saturated carbocycles. The van der Waals surface area contributed by atoms with Crippen molar-refractivity contribution in [2.75, 3.05) is 0 Å². The predicted octanol–water partition coefficient (Wildman–Crippen LogP) is -1.74. The van der Waals surface area contributed by atoms with Crippen molar-refractivity contribution in [2.45, 2.75) is 13.2 Å². The summed E-state index contributed by atoms with van der Waals surface area (Å²) in [4.78, 5) is 11.1. The van der Waals surface area contributed by atoms with E-state index in [2.05, 4.69) is 0 Å². The van der Waals surface area contributed by atoms with Crippen molar-refractivity contribution in [2.24, 2.45) is 0 Å². The molecular weight excluding hydrogens is 215 g/mol. The summed E-state index contributed by atoms with van der Waals surface area (Å²) in [5.41, 5.74) is 0.977. The molecule has 0 spiro atoms. The van der Waals surface area contributed by atoms with Gasteiger partial charge in [-0.25, -0.2) is 0 Å². The first kappa shape index (κ1) is 14.1. The van der Waals surface area contributed by atoms with Crippen molar-refractivity contribution >= 4 is 17.4 Å². The zero-order valence-electron chi connectivity index (χ0n) is 8.99. The van der Waals surface area contributed by atoms with Crippen LogP contribution in [0, 0.1) is 6.92 Å². The monoisotopic (exact) mass is 224 g/mol. The van der Waals surface area contributed by atoms with Crippen LogP contribution < -0.4 is 29.6 Å². The summed E-state index contributed by atoms with van der Waals surface area (Å²) in [6, 6.07) is 4.52. The van der Waals surface area contributed by atoms with Crippen LogP contribution in [-0.2, 0) is 0 Å². The normalized spacial score (nSPS) is 9.79. The number of hydrogen-bond acceptors (Lipinski definition) is 3. The molecule has 72 valence electrons. The van der Waals surface area contributed by atoms with Gasteiger partial charge in [0.15, 0.2) is 0 Å². The number of aliphatic hydroxyl groups is 2. The molecule has 14 heavy (non-hydrogen) atoms. The number of carbonyl (C=O) groups excluding carboxylic acids is 1. The molecule has 0 radical (unpaired) electrons. The standard InChI is InChI=1S/C9H9ClO3.Na.H/c1-5-4-6(2-3-7(5)10)8(11)9(12)13;;/h2-4,9,12-13H,1H3;;/q;+1;-1. The van der Waals surface area contributed by atoms with Gasteiger partial charge in [0.1, 0.15) is 0 Å². The van der Waals surface area contributed by atoms with Crippen molar-refractivity contribution in [3.8, 4) is 0 Å². The zero-order valence-corrected chi connectivity index (χ0v) is 10.7. The molecule has 0 fully saturated rings. The van der Waals surface area contributed by atoms with E-state index in [1.165, 1.54) is 12.1 Å². The van der Waals surface area contributed by atoms with E-state index in [-0.39, 0.29) is 36.5 Å². The van der Waals surface area contributed by atoms with Crippen LogP contribution in [0.2, 0.25) is 5.02 Å². The van der Waals surface area contributed by atoms with Crippen LogP contribution in [0.1, 0.15) is 17.3 Å². The summed E-state index contributed by atoms with van der Waals surface area (Å²) in [6.45, 7) is 1.74. The minimum absolute atomic E-state index is 0. The van der Waals surface area contributed by atoms with E-state index in [0.717, 1.165) is 5.56 Å².